The lowest BCUT2D eigenvalue weighted by Crippen LogP contribution is -2.19. The first-order valence-electron chi connectivity index (χ1n) is 6.68. The van der Waals surface area contributed by atoms with Crippen molar-refractivity contribution in [2.75, 3.05) is 33.9 Å². The Morgan fingerprint density at radius 1 is 1.35 bits per heavy atom. The van der Waals surface area contributed by atoms with Gasteiger partial charge in [-0.3, -0.25) is 0 Å². The number of nitrogens with one attached hydrogen (secondary N) is 2. The molecule has 0 heterocycles. The van der Waals surface area contributed by atoms with E-state index < -0.39 is 0 Å². The van der Waals surface area contributed by atoms with Crippen LogP contribution >= 0.6 is 11.6 Å². The summed E-state index contributed by atoms with van der Waals surface area (Å²) in [6.07, 6.45) is 2.76. The number of halogens is 1. The Morgan fingerprint density at radius 2 is 2.15 bits per heavy atom. The minimum absolute atomic E-state index is 0.400. The normalized spacial score (nSPS) is 10.3. The fourth-order valence-corrected chi connectivity index (χ4v) is 2.07. The molecule has 4 nitrogen and oxygen atoms in total. The highest BCUT2D eigenvalue weighted by Gasteiger charge is 2.11. The van der Waals surface area contributed by atoms with E-state index in [0.29, 0.717) is 23.1 Å². The Balaban J connectivity index is 2.64. The lowest BCUT2D eigenvalue weighted by Gasteiger charge is -2.13. The Kier molecular flexibility index (Phi) is 8.11. The molecule has 0 aliphatic rings. The third-order valence-electron chi connectivity index (χ3n) is 2.74. The summed E-state index contributed by atoms with van der Waals surface area (Å²) in [5.74, 6) is 1.21. The summed E-state index contributed by atoms with van der Waals surface area (Å²) < 4.78 is 10.8. The van der Waals surface area contributed by atoms with Crippen LogP contribution in [0.3, 0.4) is 0 Å². The van der Waals surface area contributed by atoms with E-state index in [0.717, 1.165) is 31.6 Å². The predicted octanol–water partition coefficient (Wildman–Crippen LogP) is 2.61. The van der Waals surface area contributed by atoms with Crippen LogP contribution in [-0.2, 0) is 6.54 Å². The fourth-order valence-electron chi connectivity index (χ4n) is 1.78. The van der Waals surface area contributed by atoms with Gasteiger partial charge in [0.1, 0.15) is 6.61 Å². The zero-order valence-corrected chi connectivity index (χ0v) is 12.9. The molecule has 0 radical (unpaired) electrons. The van der Waals surface area contributed by atoms with Gasteiger partial charge in [0, 0.05) is 6.54 Å². The second-order valence-corrected chi connectivity index (χ2v) is 4.75. The van der Waals surface area contributed by atoms with E-state index in [1.165, 1.54) is 0 Å². The topological polar surface area (TPSA) is 42.5 Å². The summed E-state index contributed by atoms with van der Waals surface area (Å²) in [5, 5.41) is 7.04. The maximum absolute atomic E-state index is 6.23. The molecule has 0 unspecified atom stereocenters. The molecule has 1 aromatic carbocycles. The number of hydrogen-bond donors (Lipinski definition) is 2. The van der Waals surface area contributed by atoms with Gasteiger partial charge in [-0.15, -0.1) is 0 Å². The number of hydrogen-bond acceptors (Lipinski definition) is 4. The molecule has 0 aliphatic heterocycles. The molecular formula is C15H23ClN2O2. The van der Waals surface area contributed by atoms with Crippen LogP contribution in [0.15, 0.2) is 24.8 Å². The van der Waals surface area contributed by atoms with Crippen LogP contribution < -0.4 is 20.1 Å². The van der Waals surface area contributed by atoms with Gasteiger partial charge >= 0.3 is 0 Å². The molecule has 0 fully saturated rings. The van der Waals surface area contributed by atoms with E-state index in [-0.39, 0.29) is 0 Å². The van der Waals surface area contributed by atoms with Crippen molar-refractivity contribution in [2.45, 2.75) is 13.0 Å². The average Bonchev–Trinajstić information content (AvgIpc) is 2.45. The van der Waals surface area contributed by atoms with E-state index in [9.17, 15) is 0 Å². The van der Waals surface area contributed by atoms with E-state index in [4.69, 9.17) is 21.1 Å². The molecule has 0 amide bonds. The van der Waals surface area contributed by atoms with Crippen LogP contribution in [0.4, 0.5) is 0 Å². The average molecular weight is 299 g/mol. The van der Waals surface area contributed by atoms with Crippen LogP contribution in [0.1, 0.15) is 12.0 Å². The van der Waals surface area contributed by atoms with E-state index >= 15 is 0 Å². The molecule has 0 aliphatic carbocycles. The molecule has 112 valence electrons. The molecule has 0 saturated heterocycles. The maximum Gasteiger partial charge on any atom is 0.180 e. The van der Waals surface area contributed by atoms with Gasteiger partial charge in [-0.05, 0) is 44.3 Å². The lowest BCUT2D eigenvalue weighted by atomic mass is 10.2. The van der Waals surface area contributed by atoms with Gasteiger partial charge in [0.05, 0.1) is 12.1 Å². The van der Waals surface area contributed by atoms with Crippen molar-refractivity contribution in [3.8, 4) is 11.5 Å². The first kappa shape index (κ1) is 16.8. The Labute approximate surface area is 126 Å². The standard InChI is InChI=1S/C15H23ClN2O2/c1-4-8-20-15-13(16)9-12(10-14(15)19-3)11-18-7-5-6-17-2/h4,9-10,17-18H,1,5-8,11H2,2-3H3. The Bertz CT molecular complexity index is 425. The van der Waals surface area contributed by atoms with Gasteiger partial charge in [0.25, 0.3) is 0 Å². The number of ether oxygens (including phenoxy) is 2. The van der Waals surface area contributed by atoms with Crippen molar-refractivity contribution in [2.24, 2.45) is 0 Å². The second-order valence-electron chi connectivity index (χ2n) is 4.34. The van der Waals surface area contributed by atoms with Gasteiger partial charge in [-0.2, -0.15) is 0 Å². The van der Waals surface area contributed by atoms with E-state index in [1.54, 1.807) is 13.2 Å². The quantitative estimate of drug-likeness (QED) is 0.515. The molecule has 1 aromatic rings. The highest BCUT2D eigenvalue weighted by atomic mass is 35.5. The predicted molar refractivity (Wildman–Crippen MR) is 83.9 cm³/mol. The van der Waals surface area contributed by atoms with Crippen molar-refractivity contribution in [3.63, 3.8) is 0 Å². The van der Waals surface area contributed by atoms with E-state index in [2.05, 4.69) is 17.2 Å². The third kappa shape index (κ3) is 5.41. The van der Waals surface area contributed by atoms with Gasteiger partial charge in [0.2, 0.25) is 0 Å². The van der Waals surface area contributed by atoms with Crippen molar-refractivity contribution < 1.29 is 9.47 Å². The minimum atomic E-state index is 0.400. The molecule has 0 spiro atoms. The van der Waals surface area contributed by atoms with Gasteiger partial charge in [-0.25, -0.2) is 0 Å². The van der Waals surface area contributed by atoms with Crippen LogP contribution in [0.5, 0.6) is 11.5 Å². The molecule has 20 heavy (non-hydrogen) atoms. The minimum Gasteiger partial charge on any atom is -0.493 e. The van der Waals surface area contributed by atoms with Crippen LogP contribution in [-0.4, -0.2) is 33.9 Å². The Morgan fingerprint density at radius 3 is 2.80 bits per heavy atom. The molecule has 1 rings (SSSR count). The van der Waals surface area contributed by atoms with Crippen molar-refractivity contribution in [3.05, 3.63) is 35.4 Å². The summed E-state index contributed by atoms with van der Waals surface area (Å²) in [5.41, 5.74) is 1.07. The zero-order chi connectivity index (χ0) is 14.8. The number of methoxy groups -OCH3 is 1. The zero-order valence-electron chi connectivity index (χ0n) is 12.2. The van der Waals surface area contributed by atoms with Crippen molar-refractivity contribution >= 4 is 11.6 Å². The first-order chi connectivity index (χ1) is 9.72. The molecular weight excluding hydrogens is 276 g/mol. The summed E-state index contributed by atoms with van der Waals surface area (Å²) in [6.45, 7) is 6.73. The maximum atomic E-state index is 6.23. The highest BCUT2D eigenvalue weighted by Crippen LogP contribution is 2.36. The fraction of sp³-hybridized carbons (Fsp3) is 0.467. The molecule has 2 N–H and O–H groups in total. The van der Waals surface area contributed by atoms with Crippen LogP contribution in [0.25, 0.3) is 0 Å². The smallest absolute Gasteiger partial charge is 0.180 e. The number of rotatable bonds is 10. The highest BCUT2D eigenvalue weighted by molar-refractivity contribution is 6.32. The van der Waals surface area contributed by atoms with Crippen LogP contribution in [0, 0.1) is 0 Å². The summed E-state index contributed by atoms with van der Waals surface area (Å²) in [7, 11) is 3.56. The lowest BCUT2D eigenvalue weighted by molar-refractivity contribution is 0.326. The monoisotopic (exact) mass is 298 g/mol. The third-order valence-corrected chi connectivity index (χ3v) is 3.02. The SMILES string of the molecule is C=CCOc1c(Cl)cc(CNCCCNC)cc1OC. The van der Waals surface area contributed by atoms with E-state index in [1.807, 2.05) is 19.2 Å². The van der Waals surface area contributed by atoms with Gasteiger partial charge in [0.15, 0.2) is 11.5 Å². The largest absolute Gasteiger partial charge is 0.493 e. The molecule has 0 bridgehead atoms. The Hall–Kier alpha value is -1.23. The summed E-state index contributed by atoms with van der Waals surface area (Å²) in [6, 6.07) is 3.84. The van der Waals surface area contributed by atoms with Crippen molar-refractivity contribution in [1.29, 1.82) is 0 Å². The summed E-state index contributed by atoms with van der Waals surface area (Å²) in [4.78, 5) is 0. The van der Waals surface area contributed by atoms with Gasteiger partial charge in [-0.1, -0.05) is 24.3 Å². The second kappa shape index (κ2) is 9.64. The molecule has 0 saturated carbocycles. The molecule has 5 heteroatoms. The summed E-state index contributed by atoms with van der Waals surface area (Å²) >= 11 is 6.23. The molecule has 0 aromatic heterocycles. The van der Waals surface area contributed by atoms with Crippen molar-refractivity contribution in [1.82, 2.24) is 10.6 Å². The van der Waals surface area contributed by atoms with Crippen LogP contribution in [0.2, 0.25) is 5.02 Å². The molecule has 0 atom stereocenters. The van der Waals surface area contributed by atoms with Gasteiger partial charge < -0.3 is 20.1 Å². The first-order valence-corrected chi connectivity index (χ1v) is 7.06. The number of benzene rings is 1.